The Morgan fingerprint density at radius 3 is 2.31 bits per heavy atom. The second-order valence-corrected chi connectivity index (χ2v) is 8.77. The number of aliphatic carboxylic acids is 1. The number of carbonyl (C=O) groups excluding carboxylic acids is 1. The van der Waals surface area contributed by atoms with Crippen LogP contribution in [-0.4, -0.2) is 61.0 Å². The zero-order chi connectivity index (χ0) is 27.9. The van der Waals surface area contributed by atoms with E-state index >= 15 is 0 Å². The van der Waals surface area contributed by atoms with Gasteiger partial charge in [-0.05, 0) is 67.8 Å². The highest BCUT2D eigenvalue weighted by Gasteiger charge is 2.18. The molecule has 0 saturated heterocycles. The number of amides is 2. The molecule has 0 bridgehead atoms. The van der Waals surface area contributed by atoms with E-state index in [0.29, 0.717) is 44.2 Å². The maximum absolute atomic E-state index is 13.6. The number of rotatable bonds is 16. The summed E-state index contributed by atoms with van der Waals surface area (Å²) in [5, 5.41) is 12.0. The van der Waals surface area contributed by atoms with Crippen LogP contribution in [0.3, 0.4) is 0 Å². The Hall–Kier alpha value is -4.11. The fourth-order valence-electron chi connectivity index (χ4n) is 3.82. The SMILES string of the molecule is CCOC(Cc1ccc(OCCN(CCCCOc2ccccc2)C(=O)Nc2cccc(F)c2)cc1)C(=O)O. The van der Waals surface area contributed by atoms with E-state index in [2.05, 4.69) is 5.32 Å². The molecule has 39 heavy (non-hydrogen) atoms. The van der Waals surface area contributed by atoms with Gasteiger partial charge in [0.2, 0.25) is 0 Å². The fourth-order valence-corrected chi connectivity index (χ4v) is 3.82. The van der Waals surface area contributed by atoms with Gasteiger partial charge in [-0.3, -0.25) is 0 Å². The largest absolute Gasteiger partial charge is 0.494 e. The van der Waals surface area contributed by atoms with Gasteiger partial charge in [-0.25, -0.2) is 14.0 Å². The monoisotopic (exact) mass is 538 g/mol. The Labute approximate surface area is 228 Å². The van der Waals surface area contributed by atoms with Crippen molar-refractivity contribution in [1.29, 1.82) is 0 Å². The van der Waals surface area contributed by atoms with E-state index in [1.807, 2.05) is 30.3 Å². The van der Waals surface area contributed by atoms with Crippen LogP contribution in [-0.2, 0) is 16.0 Å². The molecular weight excluding hydrogens is 503 g/mol. The molecule has 0 radical (unpaired) electrons. The number of hydrogen-bond donors (Lipinski definition) is 2. The van der Waals surface area contributed by atoms with Crippen molar-refractivity contribution in [2.24, 2.45) is 0 Å². The molecule has 8 nitrogen and oxygen atoms in total. The lowest BCUT2D eigenvalue weighted by atomic mass is 10.1. The number of carbonyl (C=O) groups is 2. The molecule has 1 unspecified atom stereocenters. The van der Waals surface area contributed by atoms with Crippen molar-refractivity contribution in [1.82, 2.24) is 4.90 Å². The van der Waals surface area contributed by atoms with Gasteiger partial charge in [-0.1, -0.05) is 36.4 Å². The number of nitrogens with zero attached hydrogens (tertiary/aromatic N) is 1. The summed E-state index contributed by atoms with van der Waals surface area (Å²) in [5.41, 5.74) is 1.19. The first-order chi connectivity index (χ1) is 18.9. The Balaban J connectivity index is 1.51. The van der Waals surface area contributed by atoms with Crippen LogP contribution in [0.1, 0.15) is 25.3 Å². The standard InChI is InChI=1S/C30H35FN2O6/c1-2-37-28(29(34)35)21-23-13-15-27(16-14-23)39-20-18-33(30(36)32-25-10-8-9-24(31)22-25)17-6-7-19-38-26-11-4-3-5-12-26/h3-5,8-16,22,28H,2,6-7,17-21H2,1H3,(H,32,36)(H,34,35). The highest BCUT2D eigenvalue weighted by Crippen LogP contribution is 2.16. The summed E-state index contributed by atoms with van der Waals surface area (Å²) >= 11 is 0. The van der Waals surface area contributed by atoms with Gasteiger partial charge in [-0.2, -0.15) is 0 Å². The molecule has 0 aliphatic rings. The zero-order valence-electron chi connectivity index (χ0n) is 22.1. The average Bonchev–Trinajstić information content (AvgIpc) is 2.93. The van der Waals surface area contributed by atoms with Gasteiger partial charge in [0, 0.05) is 25.3 Å². The Kier molecular flexibility index (Phi) is 12.1. The molecule has 2 amide bonds. The van der Waals surface area contributed by atoms with Crippen LogP contribution >= 0.6 is 0 Å². The molecule has 3 rings (SSSR count). The van der Waals surface area contributed by atoms with E-state index in [0.717, 1.165) is 17.7 Å². The molecule has 1 atom stereocenters. The van der Waals surface area contributed by atoms with E-state index in [9.17, 15) is 19.1 Å². The first-order valence-corrected chi connectivity index (χ1v) is 13.0. The number of urea groups is 1. The summed E-state index contributed by atoms with van der Waals surface area (Å²) in [5.74, 6) is -0.0293. The molecule has 0 heterocycles. The van der Waals surface area contributed by atoms with Gasteiger partial charge in [-0.15, -0.1) is 0 Å². The first-order valence-electron chi connectivity index (χ1n) is 13.0. The molecule has 0 aliphatic carbocycles. The van der Waals surface area contributed by atoms with Crippen LogP contribution < -0.4 is 14.8 Å². The number of benzene rings is 3. The minimum absolute atomic E-state index is 0.243. The van der Waals surface area contributed by atoms with Gasteiger partial charge in [0.1, 0.15) is 23.9 Å². The number of para-hydroxylation sites is 1. The van der Waals surface area contributed by atoms with Crippen molar-refractivity contribution in [3.05, 3.63) is 90.2 Å². The molecule has 0 saturated carbocycles. The number of anilines is 1. The Morgan fingerprint density at radius 2 is 1.62 bits per heavy atom. The third kappa shape index (κ3) is 10.6. The van der Waals surface area contributed by atoms with E-state index in [-0.39, 0.29) is 19.1 Å². The molecule has 208 valence electrons. The highest BCUT2D eigenvalue weighted by molar-refractivity contribution is 5.89. The molecule has 3 aromatic rings. The Bertz CT molecular complexity index is 1160. The van der Waals surface area contributed by atoms with Crippen molar-refractivity contribution in [3.63, 3.8) is 0 Å². The smallest absolute Gasteiger partial charge is 0.333 e. The van der Waals surface area contributed by atoms with Crippen LogP contribution in [0.25, 0.3) is 0 Å². The summed E-state index contributed by atoms with van der Waals surface area (Å²) < 4.78 is 30.4. The summed E-state index contributed by atoms with van der Waals surface area (Å²) in [6, 6.07) is 22.1. The van der Waals surface area contributed by atoms with Gasteiger partial charge in [0.15, 0.2) is 6.10 Å². The first kappa shape index (κ1) is 29.4. The van der Waals surface area contributed by atoms with Crippen molar-refractivity contribution in [2.45, 2.75) is 32.3 Å². The summed E-state index contributed by atoms with van der Waals surface area (Å²) in [6.45, 7) is 3.63. The van der Waals surface area contributed by atoms with Crippen molar-refractivity contribution >= 4 is 17.7 Å². The van der Waals surface area contributed by atoms with Crippen LogP contribution in [0.2, 0.25) is 0 Å². The number of nitrogens with one attached hydrogen (secondary N) is 1. The molecule has 9 heteroatoms. The number of ether oxygens (including phenoxy) is 3. The molecular formula is C30H35FN2O6. The number of unbranched alkanes of at least 4 members (excludes halogenated alkanes) is 1. The lowest BCUT2D eigenvalue weighted by molar-refractivity contribution is -0.149. The topological polar surface area (TPSA) is 97.3 Å². The maximum Gasteiger partial charge on any atom is 0.333 e. The van der Waals surface area contributed by atoms with E-state index in [4.69, 9.17) is 14.2 Å². The number of carboxylic acids is 1. The minimum Gasteiger partial charge on any atom is -0.494 e. The van der Waals surface area contributed by atoms with Crippen molar-refractivity contribution in [3.8, 4) is 11.5 Å². The van der Waals surface area contributed by atoms with Crippen LogP contribution in [0.4, 0.5) is 14.9 Å². The van der Waals surface area contributed by atoms with Crippen LogP contribution in [0.5, 0.6) is 11.5 Å². The van der Waals surface area contributed by atoms with E-state index in [1.54, 1.807) is 42.2 Å². The zero-order valence-corrected chi connectivity index (χ0v) is 22.1. The van der Waals surface area contributed by atoms with Crippen LogP contribution in [0.15, 0.2) is 78.9 Å². The van der Waals surface area contributed by atoms with Crippen LogP contribution in [0, 0.1) is 5.82 Å². The number of hydrogen-bond acceptors (Lipinski definition) is 5. The Morgan fingerprint density at radius 1 is 0.897 bits per heavy atom. The molecule has 0 spiro atoms. The highest BCUT2D eigenvalue weighted by atomic mass is 19.1. The quantitative estimate of drug-likeness (QED) is 0.230. The van der Waals surface area contributed by atoms with Gasteiger partial charge >= 0.3 is 12.0 Å². The predicted molar refractivity (Wildman–Crippen MR) is 147 cm³/mol. The second-order valence-electron chi connectivity index (χ2n) is 8.77. The molecule has 0 fully saturated rings. The number of carboxylic acid groups (broad SMARTS) is 1. The average molecular weight is 539 g/mol. The van der Waals surface area contributed by atoms with Gasteiger partial charge in [0.05, 0.1) is 13.2 Å². The third-order valence-corrected chi connectivity index (χ3v) is 5.82. The minimum atomic E-state index is -1.000. The van der Waals surface area contributed by atoms with Gasteiger partial charge in [0.25, 0.3) is 0 Å². The number of halogens is 1. The normalized spacial score (nSPS) is 11.4. The lowest BCUT2D eigenvalue weighted by Gasteiger charge is -2.23. The fraction of sp³-hybridized carbons (Fsp3) is 0.333. The van der Waals surface area contributed by atoms with E-state index < -0.39 is 17.9 Å². The molecule has 3 aromatic carbocycles. The second kappa shape index (κ2) is 16.0. The molecule has 0 aromatic heterocycles. The molecule has 2 N–H and O–H groups in total. The third-order valence-electron chi connectivity index (χ3n) is 5.82. The van der Waals surface area contributed by atoms with E-state index in [1.165, 1.54) is 18.2 Å². The summed E-state index contributed by atoms with van der Waals surface area (Å²) in [7, 11) is 0. The maximum atomic E-state index is 13.6. The summed E-state index contributed by atoms with van der Waals surface area (Å²) in [4.78, 5) is 25.9. The van der Waals surface area contributed by atoms with Crippen molar-refractivity contribution < 1.29 is 33.3 Å². The summed E-state index contributed by atoms with van der Waals surface area (Å²) in [6.07, 6.45) is 0.818. The lowest BCUT2D eigenvalue weighted by Crippen LogP contribution is -2.38. The molecule has 0 aliphatic heterocycles. The van der Waals surface area contributed by atoms with Gasteiger partial charge < -0.3 is 29.5 Å². The van der Waals surface area contributed by atoms with Crippen molar-refractivity contribution in [2.75, 3.05) is 38.2 Å². The predicted octanol–water partition coefficient (Wildman–Crippen LogP) is 5.63.